The van der Waals surface area contributed by atoms with E-state index in [0.717, 1.165) is 11.1 Å². The number of aryl methyl sites for hydroxylation is 1. The second-order valence-electron chi connectivity index (χ2n) is 7.25. The SMILES string of the molecule is Cc1ccc(-c2ccc(=O)n(CC(=O)N(C)C(C)c3ccco3)c2)cc1.O=C(O)C(F)(F)F. The maximum Gasteiger partial charge on any atom is 0.490 e. The number of furan rings is 1. The number of carbonyl (C=O) groups is 2. The summed E-state index contributed by atoms with van der Waals surface area (Å²) in [5, 5.41) is 7.12. The van der Waals surface area contributed by atoms with E-state index in [1.165, 1.54) is 16.2 Å². The van der Waals surface area contributed by atoms with Crippen molar-refractivity contribution in [3.63, 3.8) is 0 Å². The molecule has 3 aromatic rings. The highest BCUT2D eigenvalue weighted by Crippen LogP contribution is 2.20. The van der Waals surface area contributed by atoms with Crippen molar-refractivity contribution >= 4 is 11.9 Å². The standard InChI is InChI=1S/C21H22N2O3.C2HF3O2/c1-15-6-8-17(9-7-15)18-10-11-20(24)23(13-18)14-21(25)22(3)16(2)19-5-4-12-26-19;3-2(4,5)1(6)7/h4-13,16H,14H2,1-3H3;(H,6,7). The number of hydrogen-bond donors (Lipinski definition) is 1. The molecule has 10 heteroatoms. The lowest BCUT2D eigenvalue weighted by atomic mass is 10.1. The molecule has 0 saturated heterocycles. The number of amides is 1. The second-order valence-corrected chi connectivity index (χ2v) is 7.25. The number of benzene rings is 1. The van der Waals surface area contributed by atoms with Gasteiger partial charge in [0.2, 0.25) is 5.91 Å². The topological polar surface area (TPSA) is 92.8 Å². The second kappa shape index (κ2) is 10.7. The molecule has 176 valence electrons. The molecule has 0 radical (unpaired) electrons. The van der Waals surface area contributed by atoms with Gasteiger partial charge < -0.3 is 19.0 Å². The summed E-state index contributed by atoms with van der Waals surface area (Å²) < 4.78 is 38.5. The lowest BCUT2D eigenvalue weighted by molar-refractivity contribution is -0.192. The Labute approximate surface area is 187 Å². The quantitative estimate of drug-likeness (QED) is 0.609. The number of hydrogen-bond acceptors (Lipinski definition) is 4. The maximum atomic E-state index is 12.6. The number of alkyl halides is 3. The van der Waals surface area contributed by atoms with Crippen LogP contribution in [0.15, 0.2) is 70.2 Å². The van der Waals surface area contributed by atoms with E-state index >= 15 is 0 Å². The number of aromatic nitrogens is 1. The van der Waals surface area contributed by atoms with E-state index in [1.807, 2.05) is 44.2 Å². The monoisotopic (exact) mass is 464 g/mol. The Balaban J connectivity index is 0.000000479. The molecule has 2 heterocycles. The largest absolute Gasteiger partial charge is 0.490 e. The predicted octanol–water partition coefficient (Wildman–Crippen LogP) is 4.27. The lowest BCUT2D eigenvalue weighted by Crippen LogP contribution is -2.35. The van der Waals surface area contributed by atoms with E-state index in [0.29, 0.717) is 5.76 Å². The highest BCUT2D eigenvalue weighted by molar-refractivity contribution is 5.76. The molecular formula is C23H23F3N2O5. The van der Waals surface area contributed by atoms with Gasteiger partial charge in [0.05, 0.1) is 12.3 Å². The van der Waals surface area contributed by atoms with Crippen LogP contribution < -0.4 is 5.56 Å². The number of carbonyl (C=O) groups excluding carboxylic acids is 1. The van der Waals surface area contributed by atoms with Gasteiger partial charge in [-0.15, -0.1) is 0 Å². The number of carboxylic acid groups (broad SMARTS) is 1. The zero-order valence-corrected chi connectivity index (χ0v) is 18.2. The summed E-state index contributed by atoms with van der Waals surface area (Å²) in [5.74, 6) is -2.20. The zero-order valence-electron chi connectivity index (χ0n) is 18.2. The van der Waals surface area contributed by atoms with Crippen LogP contribution in [0, 0.1) is 6.92 Å². The van der Waals surface area contributed by atoms with E-state index in [-0.39, 0.29) is 24.1 Å². The molecule has 3 rings (SSSR count). The Morgan fingerprint density at radius 2 is 1.67 bits per heavy atom. The van der Waals surface area contributed by atoms with Gasteiger partial charge in [0.25, 0.3) is 5.56 Å². The molecule has 1 unspecified atom stereocenters. The summed E-state index contributed by atoms with van der Waals surface area (Å²) in [6, 6.07) is 14.8. The molecule has 1 N–H and O–H groups in total. The van der Waals surface area contributed by atoms with Crippen LogP contribution in [0.5, 0.6) is 0 Å². The molecule has 2 aromatic heterocycles. The molecule has 0 spiro atoms. The highest BCUT2D eigenvalue weighted by Gasteiger charge is 2.38. The van der Waals surface area contributed by atoms with Crippen LogP contribution in [-0.2, 0) is 16.1 Å². The third kappa shape index (κ3) is 7.09. The van der Waals surface area contributed by atoms with Crippen molar-refractivity contribution in [3.8, 4) is 11.1 Å². The first kappa shape index (κ1) is 25.4. The van der Waals surface area contributed by atoms with E-state index in [1.54, 1.807) is 36.5 Å². The zero-order chi connectivity index (χ0) is 24.8. The van der Waals surface area contributed by atoms with Crippen molar-refractivity contribution in [2.24, 2.45) is 0 Å². The molecule has 1 atom stereocenters. The van der Waals surface area contributed by atoms with Gasteiger partial charge in [0.1, 0.15) is 12.3 Å². The highest BCUT2D eigenvalue weighted by atomic mass is 19.4. The molecule has 0 saturated carbocycles. The summed E-state index contributed by atoms with van der Waals surface area (Å²) in [5.41, 5.74) is 2.88. The molecule has 0 fully saturated rings. The number of pyridine rings is 1. The van der Waals surface area contributed by atoms with Crippen LogP contribution >= 0.6 is 0 Å². The number of halogens is 3. The molecule has 33 heavy (non-hydrogen) atoms. The fourth-order valence-corrected chi connectivity index (χ4v) is 2.76. The van der Waals surface area contributed by atoms with Gasteiger partial charge in [0, 0.05) is 19.3 Å². The molecular weight excluding hydrogens is 441 g/mol. The minimum Gasteiger partial charge on any atom is -0.475 e. The van der Waals surface area contributed by atoms with E-state index < -0.39 is 12.1 Å². The minimum absolute atomic E-state index is 0.0138. The summed E-state index contributed by atoms with van der Waals surface area (Å²) in [6.07, 6.45) is -1.77. The maximum absolute atomic E-state index is 12.6. The summed E-state index contributed by atoms with van der Waals surface area (Å²) >= 11 is 0. The fraction of sp³-hybridized carbons (Fsp3) is 0.261. The summed E-state index contributed by atoms with van der Waals surface area (Å²) in [6.45, 7) is 3.90. The first-order valence-electron chi connectivity index (χ1n) is 9.77. The predicted molar refractivity (Wildman–Crippen MR) is 114 cm³/mol. The number of aliphatic carboxylic acids is 1. The van der Waals surface area contributed by atoms with Gasteiger partial charge >= 0.3 is 12.1 Å². The molecule has 0 aliphatic heterocycles. The molecule has 0 aliphatic rings. The first-order valence-corrected chi connectivity index (χ1v) is 9.77. The minimum atomic E-state index is -5.08. The lowest BCUT2D eigenvalue weighted by Gasteiger charge is -2.23. The Morgan fingerprint density at radius 1 is 1.09 bits per heavy atom. The van der Waals surface area contributed by atoms with Crippen molar-refractivity contribution in [1.82, 2.24) is 9.47 Å². The molecule has 1 amide bonds. The number of likely N-dealkylation sites (N-methyl/N-ethyl adjacent to an activating group) is 1. The third-order valence-corrected chi connectivity index (χ3v) is 4.85. The van der Waals surface area contributed by atoms with Gasteiger partial charge in [-0.25, -0.2) is 4.79 Å². The molecule has 0 bridgehead atoms. The van der Waals surface area contributed by atoms with Crippen molar-refractivity contribution < 1.29 is 32.3 Å². The van der Waals surface area contributed by atoms with Crippen molar-refractivity contribution in [2.45, 2.75) is 32.6 Å². The average molecular weight is 464 g/mol. The normalized spacial score (nSPS) is 11.8. The molecule has 0 aliphatic carbocycles. The van der Waals surface area contributed by atoms with Crippen molar-refractivity contribution in [3.05, 3.63) is 82.7 Å². The van der Waals surface area contributed by atoms with E-state index in [9.17, 15) is 22.8 Å². The van der Waals surface area contributed by atoms with E-state index in [4.69, 9.17) is 14.3 Å². The van der Waals surface area contributed by atoms with Crippen LogP contribution in [0.2, 0.25) is 0 Å². The molecule has 1 aromatic carbocycles. The smallest absolute Gasteiger partial charge is 0.475 e. The Kier molecular flexibility index (Phi) is 8.22. The Bertz CT molecular complexity index is 1140. The van der Waals surface area contributed by atoms with Gasteiger partial charge in [-0.05, 0) is 43.2 Å². The average Bonchev–Trinajstić information content (AvgIpc) is 3.29. The Morgan fingerprint density at radius 3 is 2.18 bits per heavy atom. The van der Waals surface area contributed by atoms with Crippen molar-refractivity contribution in [2.75, 3.05) is 7.05 Å². The van der Waals surface area contributed by atoms with Crippen LogP contribution in [0.1, 0.15) is 24.3 Å². The summed E-state index contributed by atoms with van der Waals surface area (Å²) in [7, 11) is 1.71. The van der Waals surface area contributed by atoms with Crippen LogP contribution in [0.3, 0.4) is 0 Å². The van der Waals surface area contributed by atoms with Crippen LogP contribution in [0.25, 0.3) is 11.1 Å². The first-order chi connectivity index (χ1) is 15.4. The van der Waals surface area contributed by atoms with Gasteiger partial charge in [-0.2, -0.15) is 13.2 Å². The van der Waals surface area contributed by atoms with Gasteiger partial charge in [-0.3, -0.25) is 9.59 Å². The van der Waals surface area contributed by atoms with Crippen molar-refractivity contribution in [1.29, 1.82) is 0 Å². The van der Waals surface area contributed by atoms with Gasteiger partial charge in [-0.1, -0.05) is 29.8 Å². The number of rotatable bonds is 5. The number of nitrogens with zero attached hydrogens (tertiary/aromatic N) is 2. The number of carboxylic acids is 1. The van der Waals surface area contributed by atoms with Crippen LogP contribution in [-0.4, -0.2) is 39.7 Å². The molecule has 7 nitrogen and oxygen atoms in total. The Hall–Kier alpha value is -3.82. The summed E-state index contributed by atoms with van der Waals surface area (Å²) in [4.78, 5) is 35.3. The fourth-order valence-electron chi connectivity index (χ4n) is 2.76. The third-order valence-electron chi connectivity index (χ3n) is 4.85. The van der Waals surface area contributed by atoms with Crippen LogP contribution in [0.4, 0.5) is 13.2 Å². The van der Waals surface area contributed by atoms with E-state index in [2.05, 4.69) is 0 Å². The van der Waals surface area contributed by atoms with Gasteiger partial charge in [0.15, 0.2) is 0 Å².